The summed E-state index contributed by atoms with van der Waals surface area (Å²) in [5.74, 6) is -3.21. The zero-order valence-corrected chi connectivity index (χ0v) is 14.0. The standard InChI is InChI=1S/C18H18F3N3O2/c1-11(12-2-7-15(20)16(21)8-12)22-9-17(25)23-10-18(26)24-14-5-3-13(19)4-6-14/h2-8,11,22H,9-10H2,1H3,(H,23,25)(H,24,26)/t11-/m0/s1. The van der Waals surface area contributed by atoms with Gasteiger partial charge < -0.3 is 16.0 Å². The van der Waals surface area contributed by atoms with E-state index >= 15 is 0 Å². The predicted molar refractivity (Wildman–Crippen MR) is 90.8 cm³/mol. The number of amides is 2. The van der Waals surface area contributed by atoms with Crippen LogP contribution in [0, 0.1) is 17.5 Å². The molecule has 2 aromatic carbocycles. The summed E-state index contributed by atoms with van der Waals surface area (Å²) in [5, 5.41) is 7.78. The second-order valence-electron chi connectivity index (χ2n) is 5.61. The second-order valence-corrected chi connectivity index (χ2v) is 5.61. The fraction of sp³-hybridized carbons (Fsp3) is 0.222. The molecule has 26 heavy (non-hydrogen) atoms. The number of halogens is 3. The first-order valence-electron chi connectivity index (χ1n) is 7.85. The Morgan fingerprint density at radius 3 is 2.27 bits per heavy atom. The van der Waals surface area contributed by atoms with Crippen LogP contribution in [-0.4, -0.2) is 24.9 Å². The third-order valence-corrected chi connectivity index (χ3v) is 3.59. The Balaban J connectivity index is 1.73. The van der Waals surface area contributed by atoms with Crippen LogP contribution in [0.2, 0.25) is 0 Å². The number of carbonyl (C=O) groups is 2. The minimum Gasteiger partial charge on any atom is -0.346 e. The Morgan fingerprint density at radius 1 is 0.923 bits per heavy atom. The summed E-state index contributed by atoms with van der Waals surface area (Å²) in [6.45, 7) is 1.34. The molecule has 0 radical (unpaired) electrons. The van der Waals surface area contributed by atoms with E-state index in [0.717, 1.165) is 12.1 Å². The minimum atomic E-state index is -0.960. The number of nitrogens with one attached hydrogen (secondary N) is 3. The van der Waals surface area contributed by atoms with Gasteiger partial charge in [0.2, 0.25) is 11.8 Å². The van der Waals surface area contributed by atoms with Crippen LogP contribution >= 0.6 is 0 Å². The van der Waals surface area contributed by atoms with Crippen LogP contribution in [0.4, 0.5) is 18.9 Å². The van der Waals surface area contributed by atoms with Gasteiger partial charge in [-0.15, -0.1) is 0 Å². The van der Waals surface area contributed by atoms with E-state index < -0.39 is 29.3 Å². The molecule has 0 aliphatic rings. The van der Waals surface area contributed by atoms with Crippen molar-refractivity contribution in [1.29, 1.82) is 0 Å². The Labute approximate surface area is 148 Å². The molecule has 0 aromatic heterocycles. The molecule has 0 aliphatic heterocycles. The normalized spacial score (nSPS) is 11.7. The van der Waals surface area contributed by atoms with Gasteiger partial charge in [-0.1, -0.05) is 6.07 Å². The van der Waals surface area contributed by atoms with E-state index in [1.165, 1.54) is 30.3 Å². The highest BCUT2D eigenvalue weighted by atomic mass is 19.2. The van der Waals surface area contributed by atoms with Gasteiger partial charge in [-0.05, 0) is 48.9 Å². The van der Waals surface area contributed by atoms with E-state index in [2.05, 4.69) is 16.0 Å². The maximum Gasteiger partial charge on any atom is 0.243 e. The lowest BCUT2D eigenvalue weighted by molar-refractivity contribution is -0.123. The van der Waals surface area contributed by atoms with Crippen molar-refractivity contribution in [3.05, 3.63) is 65.5 Å². The number of hydrogen-bond acceptors (Lipinski definition) is 3. The van der Waals surface area contributed by atoms with Crippen molar-refractivity contribution in [3.8, 4) is 0 Å². The third-order valence-electron chi connectivity index (χ3n) is 3.59. The quantitative estimate of drug-likeness (QED) is 0.706. The summed E-state index contributed by atoms with van der Waals surface area (Å²) in [6, 6.07) is 8.33. The van der Waals surface area contributed by atoms with Crippen molar-refractivity contribution in [2.24, 2.45) is 0 Å². The van der Waals surface area contributed by atoms with Crippen molar-refractivity contribution >= 4 is 17.5 Å². The number of carbonyl (C=O) groups excluding carboxylic acids is 2. The van der Waals surface area contributed by atoms with Gasteiger partial charge in [-0.3, -0.25) is 9.59 Å². The van der Waals surface area contributed by atoms with Gasteiger partial charge in [0, 0.05) is 11.7 Å². The van der Waals surface area contributed by atoms with Gasteiger partial charge in [0.15, 0.2) is 11.6 Å². The molecule has 138 valence electrons. The van der Waals surface area contributed by atoms with Gasteiger partial charge in [-0.25, -0.2) is 13.2 Å². The molecular weight excluding hydrogens is 347 g/mol. The number of anilines is 1. The molecule has 0 fully saturated rings. The SMILES string of the molecule is C[C@H](NCC(=O)NCC(=O)Nc1ccc(F)cc1)c1ccc(F)c(F)c1. The average molecular weight is 365 g/mol. The van der Waals surface area contributed by atoms with Crippen LogP contribution in [0.1, 0.15) is 18.5 Å². The molecule has 1 atom stereocenters. The summed E-state index contributed by atoms with van der Waals surface area (Å²) in [4.78, 5) is 23.5. The van der Waals surface area contributed by atoms with Gasteiger partial charge in [0.1, 0.15) is 5.82 Å². The van der Waals surface area contributed by atoms with Crippen LogP contribution in [-0.2, 0) is 9.59 Å². The monoisotopic (exact) mass is 365 g/mol. The summed E-state index contributed by atoms with van der Waals surface area (Å²) >= 11 is 0. The highest BCUT2D eigenvalue weighted by molar-refractivity contribution is 5.94. The van der Waals surface area contributed by atoms with E-state index in [0.29, 0.717) is 11.3 Å². The van der Waals surface area contributed by atoms with Crippen molar-refractivity contribution in [1.82, 2.24) is 10.6 Å². The topological polar surface area (TPSA) is 70.2 Å². The van der Waals surface area contributed by atoms with Gasteiger partial charge >= 0.3 is 0 Å². The molecule has 2 aromatic rings. The minimum absolute atomic E-state index is 0.107. The maximum absolute atomic E-state index is 13.2. The highest BCUT2D eigenvalue weighted by Crippen LogP contribution is 2.15. The molecule has 3 N–H and O–H groups in total. The highest BCUT2D eigenvalue weighted by Gasteiger charge is 2.11. The van der Waals surface area contributed by atoms with Crippen LogP contribution in [0.3, 0.4) is 0 Å². The number of rotatable bonds is 7. The van der Waals surface area contributed by atoms with Crippen LogP contribution in [0.25, 0.3) is 0 Å². The van der Waals surface area contributed by atoms with Crippen molar-refractivity contribution in [2.75, 3.05) is 18.4 Å². The Hall–Kier alpha value is -2.87. The lowest BCUT2D eigenvalue weighted by Crippen LogP contribution is -2.39. The van der Waals surface area contributed by atoms with E-state index in [1.54, 1.807) is 6.92 Å². The number of hydrogen-bond donors (Lipinski definition) is 3. The van der Waals surface area contributed by atoms with Gasteiger partial charge in [0.25, 0.3) is 0 Å². The largest absolute Gasteiger partial charge is 0.346 e. The van der Waals surface area contributed by atoms with E-state index in [1.807, 2.05) is 0 Å². The molecule has 5 nitrogen and oxygen atoms in total. The molecule has 0 aliphatic carbocycles. The summed E-state index contributed by atoms with van der Waals surface area (Å²) < 4.78 is 38.9. The van der Waals surface area contributed by atoms with Crippen LogP contribution < -0.4 is 16.0 Å². The summed E-state index contributed by atoms with van der Waals surface area (Å²) in [6.07, 6.45) is 0. The summed E-state index contributed by atoms with van der Waals surface area (Å²) in [7, 11) is 0. The lowest BCUT2D eigenvalue weighted by atomic mass is 10.1. The molecule has 0 spiro atoms. The van der Waals surface area contributed by atoms with E-state index in [-0.39, 0.29) is 19.1 Å². The molecule has 0 heterocycles. The molecular formula is C18H18F3N3O2. The zero-order chi connectivity index (χ0) is 19.1. The third kappa shape index (κ3) is 5.89. The maximum atomic E-state index is 13.2. The van der Waals surface area contributed by atoms with E-state index in [4.69, 9.17) is 0 Å². The molecule has 2 rings (SSSR count). The molecule has 0 saturated carbocycles. The Kier molecular flexibility index (Phi) is 6.74. The van der Waals surface area contributed by atoms with Crippen LogP contribution in [0.15, 0.2) is 42.5 Å². The fourth-order valence-corrected chi connectivity index (χ4v) is 2.13. The smallest absolute Gasteiger partial charge is 0.243 e. The Morgan fingerprint density at radius 2 is 1.62 bits per heavy atom. The van der Waals surface area contributed by atoms with Gasteiger partial charge in [-0.2, -0.15) is 0 Å². The predicted octanol–water partition coefficient (Wildman–Crippen LogP) is 2.51. The molecule has 8 heteroatoms. The molecule has 2 amide bonds. The first-order valence-corrected chi connectivity index (χ1v) is 7.85. The zero-order valence-electron chi connectivity index (χ0n) is 14.0. The van der Waals surface area contributed by atoms with Crippen molar-refractivity contribution in [3.63, 3.8) is 0 Å². The first-order chi connectivity index (χ1) is 12.3. The van der Waals surface area contributed by atoms with Crippen molar-refractivity contribution < 1.29 is 22.8 Å². The molecule has 0 unspecified atom stereocenters. The fourth-order valence-electron chi connectivity index (χ4n) is 2.13. The number of benzene rings is 2. The summed E-state index contributed by atoms with van der Waals surface area (Å²) in [5.41, 5.74) is 0.904. The first kappa shape index (κ1) is 19.5. The molecule has 0 bridgehead atoms. The Bertz CT molecular complexity index is 782. The van der Waals surface area contributed by atoms with Crippen molar-refractivity contribution in [2.45, 2.75) is 13.0 Å². The van der Waals surface area contributed by atoms with Gasteiger partial charge in [0.05, 0.1) is 13.1 Å². The average Bonchev–Trinajstić information content (AvgIpc) is 2.62. The second kappa shape index (κ2) is 9.00. The lowest BCUT2D eigenvalue weighted by Gasteiger charge is -2.14. The molecule has 0 saturated heterocycles. The van der Waals surface area contributed by atoms with E-state index in [9.17, 15) is 22.8 Å². The van der Waals surface area contributed by atoms with Crippen LogP contribution in [0.5, 0.6) is 0 Å².